The van der Waals surface area contributed by atoms with E-state index >= 15 is 0 Å². The highest BCUT2D eigenvalue weighted by molar-refractivity contribution is 14.1. The van der Waals surface area contributed by atoms with E-state index in [1.54, 1.807) is 6.07 Å². The van der Waals surface area contributed by atoms with Crippen molar-refractivity contribution in [3.63, 3.8) is 0 Å². The third-order valence-corrected chi connectivity index (χ3v) is 5.27. The fourth-order valence-electron chi connectivity index (χ4n) is 2.97. The molecule has 0 spiro atoms. The maximum Gasteiger partial charge on any atom is 0.251 e. The van der Waals surface area contributed by atoms with Crippen LogP contribution in [-0.4, -0.2) is 11.9 Å². The Morgan fingerprint density at radius 3 is 2.47 bits per heavy atom. The molecule has 1 aliphatic carbocycles. The molecule has 1 aromatic rings. The fraction of sp³-hybridized carbons (Fsp3) is 0.533. The van der Waals surface area contributed by atoms with Gasteiger partial charge in [-0.25, -0.2) is 0 Å². The number of rotatable bonds is 2. The monoisotopic (exact) mass is 391 g/mol. The van der Waals surface area contributed by atoms with Gasteiger partial charge in [0.2, 0.25) is 0 Å². The minimum absolute atomic E-state index is 0.00963. The number of nitrogens with one attached hydrogen (secondary N) is 1. The third-order valence-electron chi connectivity index (χ3n) is 3.70. The van der Waals surface area contributed by atoms with Crippen molar-refractivity contribution < 1.29 is 4.79 Å². The number of halogens is 2. The summed E-state index contributed by atoms with van der Waals surface area (Å²) < 4.78 is 0.968. The van der Waals surface area contributed by atoms with E-state index in [4.69, 9.17) is 11.6 Å². The van der Waals surface area contributed by atoms with Crippen LogP contribution in [0.2, 0.25) is 5.02 Å². The second-order valence-corrected chi connectivity index (χ2v) is 7.29. The predicted octanol–water partition coefficient (Wildman–Crippen LogP) is 4.50. The molecule has 0 bridgehead atoms. The molecular weight excluding hydrogens is 373 g/mol. The molecule has 4 heteroatoms. The van der Waals surface area contributed by atoms with Crippen molar-refractivity contribution in [2.24, 2.45) is 11.8 Å². The molecule has 2 nitrogen and oxygen atoms in total. The van der Waals surface area contributed by atoms with E-state index in [2.05, 4.69) is 41.8 Å². The molecule has 19 heavy (non-hydrogen) atoms. The second kappa shape index (κ2) is 6.44. The molecule has 1 N–H and O–H groups in total. The van der Waals surface area contributed by atoms with Crippen LogP contribution in [0.3, 0.4) is 0 Å². The van der Waals surface area contributed by atoms with Crippen molar-refractivity contribution in [1.82, 2.24) is 5.32 Å². The van der Waals surface area contributed by atoms with Crippen LogP contribution in [0.5, 0.6) is 0 Å². The molecule has 0 heterocycles. The van der Waals surface area contributed by atoms with Crippen molar-refractivity contribution in [3.8, 4) is 0 Å². The summed E-state index contributed by atoms with van der Waals surface area (Å²) in [6, 6.07) is 5.75. The highest BCUT2D eigenvalue weighted by Crippen LogP contribution is 2.28. The Balaban J connectivity index is 2.02. The minimum atomic E-state index is -0.00963. The summed E-state index contributed by atoms with van der Waals surface area (Å²) in [6.45, 7) is 4.52. The van der Waals surface area contributed by atoms with E-state index < -0.39 is 0 Å². The second-order valence-electron chi connectivity index (χ2n) is 5.72. The predicted molar refractivity (Wildman–Crippen MR) is 87.6 cm³/mol. The first kappa shape index (κ1) is 15.1. The quantitative estimate of drug-likeness (QED) is 0.739. The molecule has 0 aliphatic heterocycles. The lowest BCUT2D eigenvalue weighted by atomic mass is 9.80. The molecule has 2 rings (SSSR count). The smallest absolute Gasteiger partial charge is 0.251 e. The van der Waals surface area contributed by atoms with Crippen LogP contribution in [0.1, 0.15) is 43.5 Å². The first-order valence-corrected chi connectivity index (χ1v) is 8.17. The van der Waals surface area contributed by atoms with Crippen LogP contribution < -0.4 is 5.32 Å². The lowest BCUT2D eigenvalue weighted by Crippen LogP contribution is -2.40. The Morgan fingerprint density at radius 1 is 1.26 bits per heavy atom. The van der Waals surface area contributed by atoms with Crippen LogP contribution in [0, 0.1) is 15.4 Å². The van der Waals surface area contributed by atoms with Gasteiger partial charge in [-0.2, -0.15) is 0 Å². The molecule has 2 unspecified atom stereocenters. The normalized spacial score (nSPS) is 27.1. The van der Waals surface area contributed by atoms with Gasteiger partial charge in [0.25, 0.3) is 5.91 Å². The molecule has 0 aromatic heterocycles. The Kier molecular flexibility index (Phi) is 5.12. The lowest BCUT2D eigenvalue weighted by molar-refractivity contribution is 0.0911. The number of hydrogen-bond acceptors (Lipinski definition) is 1. The Hall–Kier alpha value is -0.290. The summed E-state index contributed by atoms with van der Waals surface area (Å²) >= 11 is 8.22. The summed E-state index contributed by atoms with van der Waals surface area (Å²) in [4.78, 5) is 12.2. The Labute approximate surface area is 133 Å². The number of benzene rings is 1. The van der Waals surface area contributed by atoms with Crippen molar-refractivity contribution >= 4 is 40.1 Å². The molecule has 1 saturated carbocycles. The van der Waals surface area contributed by atoms with E-state index in [1.807, 2.05) is 12.1 Å². The van der Waals surface area contributed by atoms with Crippen LogP contribution in [0.15, 0.2) is 18.2 Å². The van der Waals surface area contributed by atoms with Gasteiger partial charge in [0.05, 0.1) is 5.02 Å². The number of hydrogen-bond donors (Lipinski definition) is 1. The first-order chi connectivity index (χ1) is 8.95. The molecule has 1 fully saturated rings. The standard InChI is InChI=1S/C15H19ClINO/c1-9-5-10(2)7-12(6-9)18-15(19)11-3-4-14(17)13(16)8-11/h3-4,8-10,12H,5-7H2,1-2H3,(H,18,19). The van der Waals surface area contributed by atoms with Gasteiger partial charge in [-0.3, -0.25) is 4.79 Å². The third kappa shape index (κ3) is 4.09. The zero-order valence-corrected chi connectivity index (χ0v) is 14.2. The summed E-state index contributed by atoms with van der Waals surface area (Å²) in [7, 11) is 0. The largest absolute Gasteiger partial charge is 0.349 e. The Bertz CT molecular complexity index is 467. The van der Waals surface area contributed by atoms with E-state index in [9.17, 15) is 4.79 Å². The molecule has 1 aromatic carbocycles. The van der Waals surface area contributed by atoms with Crippen molar-refractivity contribution in [2.75, 3.05) is 0 Å². The van der Waals surface area contributed by atoms with Crippen molar-refractivity contribution in [2.45, 2.75) is 39.2 Å². The van der Waals surface area contributed by atoms with Crippen LogP contribution in [0.25, 0.3) is 0 Å². The minimum Gasteiger partial charge on any atom is -0.349 e. The van der Waals surface area contributed by atoms with Gasteiger partial charge >= 0.3 is 0 Å². The highest BCUT2D eigenvalue weighted by atomic mass is 127. The maximum atomic E-state index is 12.2. The topological polar surface area (TPSA) is 29.1 Å². The van der Waals surface area contributed by atoms with Gasteiger partial charge < -0.3 is 5.32 Å². The molecule has 2 atom stereocenters. The summed E-state index contributed by atoms with van der Waals surface area (Å²) in [6.07, 6.45) is 3.42. The van der Waals surface area contributed by atoms with E-state index in [0.717, 1.165) is 16.4 Å². The van der Waals surface area contributed by atoms with Crippen LogP contribution >= 0.6 is 34.2 Å². The zero-order valence-electron chi connectivity index (χ0n) is 11.2. The van der Waals surface area contributed by atoms with Crippen LogP contribution in [0.4, 0.5) is 0 Å². The van der Waals surface area contributed by atoms with Gasteiger partial charge in [-0.1, -0.05) is 25.4 Å². The molecule has 0 radical (unpaired) electrons. The maximum absolute atomic E-state index is 12.2. The van der Waals surface area contributed by atoms with Gasteiger partial charge in [-0.15, -0.1) is 0 Å². The van der Waals surface area contributed by atoms with E-state index in [1.165, 1.54) is 6.42 Å². The molecular formula is C15H19ClINO. The molecule has 0 saturated heterocycles. The number of carbonyl (C=O) groups is 1. The number of amides is 1. The first-order valence-electron chi connectivity index (χ1n) is 6.71. The fourth-order valence-corrected chi connectivity index (χ4v) is 3.49. The van der Waals surface area contributed by atoms with Gasteiger partial charge in [0, 0.05) is 15.2 Å². The summed E-state index contributed by atoms with van der Waals surface area (Å²) in [5.41, 5.74) is 0.649. The van der Waals surface area contributed by atoms with E-state index in [0.29, 0.717) is 28.5 Å². The van der Waals surface area contributed by atoms with E-state index in [-0.39, 0.29) is 5.91 Å². The number of carbonyl (C=O) groups excluding carboxylic acids is 1. The van der Waals surface area contributed by atoms with Crippen molar-refractivity contribution in [3.05, 3.63) is 32.4 Å². The molecule has 104 valence electrons. The summed E-state index contributed by atoms with van der Waals surface area (Å²) in [5, 5.41) is 3.78. The Morgan fingerprint density at radius 2 is 1.89 bits per heavy atom. The van der Waals surface area contributed by atoms with Crippen LogP contribution in [-0.2, 0) is 0 Å². The molecule has 1 aliphatic rings. The highest BCUT2D eigenvalue weighted by Gasteiger charge is 2.25. The van der Waals surface area contributed by atoms with Crippen molar-refractivity contribution in [1.29, 1.82) is 0 Å². The van der Waals surface area contributed by atoms with Gasteiger partial charge in [0.15, 0.2) is 0 Å². The summed E-state index contributed by atoms with van der Waals surface area (Å²) in [5.74, 6) is 1.37. The molecule has 1 amide bonds. The average molecular weight is 392 g/mol. The average Bonchev–Trinajstić information content (AvgIpc) is 2.31. The SMILES string of the molecule is CC1CC(C)CC(NC(=O)c2ccc(I)c(Cl)c2)C1. The van der Waals surface area contributed by atoms with Gasteiger partial charge in [-0.05, 0) is 71.9 Å². The lowest BCUT2D eigenvalue weighted by Gasteiger charge is -2.32. The van der Waals surface area contributed by atoms with Gasteiger partial charge in [0.1, 0.15) is 0 Å². The zero-order chi connectivity index (χ0) is 14.0.